The van der Waals surface area contributed by atoms with E-state index in [9.17, 15) is 14.4 Å². The molecule has 0 spiro atoms. The van der Waals surface area contributed by atoms with E-state index in [4.69, 9.17) is 0 Å². The molecule has 16 heavy (non-hydrogen) atoms. The summed E-state index contributed by atoms with van der Waals surface area (Å²) in [5, 5.41) is 0. The third kappa shape index (κ3) is 8.60. The molecular weight excluding hydrogens is 252 g/mol. The van der Waals surface area contributed by atoms with Crippen LogP contribution in [-0.2, 0) is 19.1 Å². The van der Waals surface area contributed by atoms with Crippen LogP contribution in [0.3, 0.4) is 0 Å². The highest BCUT2D eigenvalue weighted by atomic mass is 32.2. The summed E-state index contributed by atoms with van der Waals surface area (Å²) in [6.45, 7) is 3.98. The van der Waals surface area contributed by atoms with Gasteiger partial charge in [-0.2, -0.15) is 0 Å². The number of carbonyl (C=O) groups is 3. The van der Waals surface area contributed by atoms with Crippen molar-refractivity contribution in [2.24, 2.45) is 0 Å². The Balaban J connectivity index is 3.59. The second kappa shape index (κ2) is 9.53. The lowest BCUT2D eigenvalue weighted by atomic mass is 10.8. The quantitative estimate of drug-likeness (QED) is 0.678. The predicted octanol–water partition coefficient (Wildman–Crippen LogP) is 1.70. The summed E-state index contributed by atoms with van der Waals surface area (Å²) in [5.41, 5.74) is 0. The maximum absolute atomic E-state index is 11.2. The minimum absolute atomic E-state index is 0.0253. The standard InChI is InChI=1S/C9H14O5S2/c1-3-13-7(10)5-15-9(12)16-6-8(11)14-4-2/h3-6H2,1-2H3. The maximum atomic E-state index is 11.2. The van der Waals surface area contributed by atoms with Gasteiger partial charge in [0.25, 0.3) is 0 Å². The van der Waals surface area contributed by atoms with Crippen LogP contribution in [0, 0.1) is 0 Å². The highest BCUT2D eigenvalue weighted by Gasteiger charge is 2.11. The molecular formula is C9H14O5S2. The Morgan fingerprint density at radius 2 is 1.25 bits per heavy atom. The van der Waals surface area contributed by atoms with Crippen molar-refractivity contribution < 1.29 is 23.9 Å². The molecule has 5 nitrogen and oxygen atoms in total. The van der Waals surface area contributed by atoms with Gasteiger partial charge in [0.2, 0.25) is 4.45 Å². The average molecular weight is 266 g/mol. The lowest BCUT2D eigenvalue weighted by Crippen LogP contribution is -2.09. The minimum atomic E-state index is -0.433. The maximum Gasteiger partial charge on any atom is 0.316 e. The van der Waals surface area contributed by atoms with Gasteiger partial charge in [0.05, 0.1) is 24.7 Å². The van der Waals surface area contributed by atoms with E-state index in [0.717, 1.165) is 23.5 Å². The van der Waals surface area contributed by atoms with Crippen molar-refractivity contribution in [3.63, 3.8) is 0 Å². The highest BCUT2D eigenvalue weighted by molar-refractivity contribution is 8.38. The van der Waals surface area contributed by atoms with Crippen molar-refractivity contribution in [2.45, 2.75) is 13.8 Å². The number of rotatable bonds is 6. The molecule has 0 aromatic carbocycles. The van der Waals surface area contributed by atoms with E-state index in [1.807, 2.05) is 0 Å². The molecule has 0 bridgehead atoms. The first kappa shape index (κ1) is 15.3. The number of carbonyl (C=O) groups excluding carboxylic acids is 3. The van der Waals surface area contributed by atoms with Gasteiger partial charge < -0.3 is 9.47 Å². The molecule has 0 aliphatic heterocycles. The Kier molecular flexibility index (Phi) is 9.12. The summed E-state index contributed by atoms with van der Waals surface area (Å²) in [4.78, 5) is 33.0. The Labute approximate surface area is 103 Å². The Hall–Kier alpha value is -0.690. The molecule has 7 heteroatoms. The fraction of sp³-hybridized carbons (Fsp3) is 0.667. The largest absolute Gasteiger partial charge is 0.465 e. The van der Waals surface area contributed by atoms with Crippen LogP contribution in [0.15, 0.2) is 0 Å². The van der Waals surface area contributed by atoms with Crippen molar-refractivity contribution in [3.05, 3.63) is 0 Å². The number of ether oxygens (including phenoxy) is 2. The van der Waals surface area contributed by atoms with Crippen LogP contribution < -0.4 is 0 Å². The van der Waals surface area contributed by atoms with Crippen molar-refractivity contribution in [3.8, 4) is 0 Å². The third-order valence-corrected chi connectivity index (χ3v) is 3.16. The number of esters is 2. The summed E-state index contributed by atoms with van der Waals surface area (Å²) >= 11 is 1.65. The van der Waals surface area contributed by atoms with E-state index in [0.29, 0.717) is 13.2 Å². The Morgan fingerprint density at radius 1 is 0.875 bits per heavy atom. The van der Waals surface area contributed by atoms with Crippen LogP contribution in [-0.4, -0.2) is 41.1 Å². The van der Waals surface area contributed by atoms with E-state index < -0.39 is 11.9 Å². The molecule has 0 saturated heterocycles. The normalized spacial score (nSPS) is 9.62. The van der Waals surface area contributed by atoms with E-state index >= 15 is 0 Å². The monoisotopic (exact) mass is 266 g/mol. The average Bonchev–Trinajstić information content (AvgIpc) is 2.24. The predicted molar refractivity (Wildman–Crippen MR) is 63.6 cm³/mol. The lowest BCUT2D eigenvalue weighted by Gasteiger charge is -2.01. The Morgan fingerprint density at radius 3 is 1.56 bits per heavy atom. The van der Waals surface area contributed by atoms with Crippen LogP contribution in [0.25, 0.3) is 0 Å². The fourth-order valence-corrected chi connectivity index (χ4v) is 2.01. The van der Waals surface area contributed by atoms with Crippen LogP contribution in [0.4, 0.5) is 4.79 Å². The van der Waals surface area contributed by atoms with Crippen molar-refractivity contribution >= 4 is 39.9 Å². The molecule has 0 aliphatic rings. The van der Waals surface area contributed by atoms with Gasteiger partial charge in [0.1, 0.15) is 0 Å². The van der Waals surface area contributed by atoms with E-state index in [1.165, 1.54) is 0 Å². The number of hydrogen-bond donors (Lipinski definition) is 0. The van der Waals surface area contributed by atoms with E-state index in [2.05, 4.69) is 9.47 Å². The zero-order valence-electron chi connectivity index (χ0n) is 9.19. The summed E-state index contributed by atoms with van der Waals surface area (Å²) in [7, 11) is 0. The van der Waals surface area contributed by atoms with Gasteiger partial charge in [-0.1, -0.05) is 23.5 Å². The Bertz CT molecular complexity index is 230. The van der Waals surface area contributed by atoms with Crippen molar-refractivity contribution in [2.75, 3.05) is 24.7 Å². The van der Waals surface area contributed by atoms with E-state index in [1.54, 1.807) is 13.8 Å². The first-order chi connectivity index (χ1) is 7.60. The molecule has 0 fully saturated rings. The zero-order chi connectivity index (χ0) is 12.4. The third-order valence-electron chi connectivity index (χ3n) is 1.23. The van der Waals surface area contributed by atoms with Gasteiger partial charge in [0, 0.05) is 0 Å². The van der Waals surface area contributed by atoms with Gasteiger partial charge in [0.15, 0.2) is 0 Å². The molecule has 0 aromatic rings. The molecule has 0 rings (SSSR count). The zero-order valence-corrected chi connectivity index (χ0v) is 10.8. The van der Waals surface area contributed by atoms with E-state index in [-0.39, 0.29) is 16.0 Å². The summed E-state index contributed by atoms with van der Waals surface area (Å²) in [6.07, 6.45) is 0. The van der Waals surface area contributed by atoms with Crippen LogP contribution in [0.5, 0.6) is 0 Å². The second-order valence-corrected chi connectivity index (χ2v) is 4.59. The van der Waals surface area contributed by atoms with Gasteiger partial charge in [-0.15, -0.1) is 0 Å². The summed E-state index contributed by atoms with van der Waals surface area (Å²) in [5.74, 6) is -0.916. The van der Waals surface area contributed by atoms with Crippen molar-refractivity contribution in [1.82, 2.24) is 0 Å². The molecule has 0 atom stereocenters. The van der Waals surface area contributed by atoms with Crippen molar-refractivity contribution in [1.29, 1.82) is 0 Å². The fourth-order valence-electron chi connectivity index (χ4n) is 0.683. The number of hydrogen-bond acceptors (Lipinski definition) is 7. The first-order valence-electron chi connectivity index (χ1n) is 4.70. The molecule has 0 heterocycles. The summed E-state index contributed by atoms with van der Waals surface area (Å²) in [6, 6.07) is 0. The highest BCUT2D eigenvalue weighted by Crippen LogP contribution is 2.16. The second-order valence-electron chi connectivity index (χ2n) is 2.44. The molecule has 0 radical (unpaired) electrons. The van der Waals surface area contributed by atoms with Crippen LogP contribution >= 0.6 is 23.5 Å². The SMILES string of the molecule is CCOC(=O)CSC(=O)SCC(=O)OCC. The first-order valence-corrected chi connectivity index (χ1v) is 6.68. The van der Waals surface area contributed by atoms with Crippen LogP contribution in [0.2, 0.25) is 0 Å². The van der Waals surface area contributed by atoms with Gasteiger partial charge in [-0.05, 0) is 13.8 Å². The molecule has 0 amide bonds. The molecule has 0 N–H and O–H groups in total. The molecule has 0 unspecified atom stereocenters. The lowest BCUT2D eigenvalue weighted by molar-refractivity contribution is -0.140. The summed E-state index contributed by atoms with van der Waals surface area (Å²) < 4.78 is 9.00. The number of thioether (sulfide) groups is 2. The van der Waals surface area contributed by atoms with Gasteiger partial charge in [-0.3, -0.25) is 14.4 Å². The molecule has 92 valence electrons. The smallest absolute Gasteiger partial charge is 0.316 e. The molecule has 0 aliphatic carbocycles. The minimum Gasteiger partial charge on any atom is -0.465 e. The van der Waals surface area contributed by atoms with Crippen LogP contribution in [0.1, 0.15) is 13.8 Å². The van der Waals surface area contributed by atoms with Gasteiger partial charge >= 0.3 is 11.9 Å². The van der Waals surface area contributed by atoms with Gasteiger partial charge in [-0.25, -0.2) is 0 Å². The molecule has 0 saturated carbocycles. The molecule has 0 aromatic heterocycles. The topological polar surface area (TPSA) is 69.7 Å².